The third-order valence-electron chi connectivity index (χ3n) is 5.99. The molecule has 2 aliphatic rings. The normalized spacial score (nSPS) is 18.5. The number of likely N-dealkylation sites (tertiary alicyclic amines) is 1. The Morgan fingerprint density at radius 1 is 1.13 bits per heavy atom. The van der Waals surface area contributed by atoms with Crippen molar-refractivity contribution in [1.82, 2.24) is 20.4 Å². The summed E-state index contributed by atoms with van der Waals surface area (Å²) in [6, 6.07) is 11.7. The lowest BCUT2D eigenvalue weighted by molar-refractivity contribution is -0.127. The van der Waals surface area contributed by atoms with E-state index < -0.39 is 0 Å². The number of carbonyl (C=O) groups is 1. The van der Waals surface area contributed by atoms with Gasteiger partial charge in [0.2, 0.25) is 5.91 Å². The number of halogens is 1. The molecule has 1 saturated carbocycles. The van der Waals surface area contributed by atoms with E-state index in [0.29, 0.717) is 6.04 Å². The first kappa shape index (κ1) is 26.3. The predicted molar refractivity (Wildman–Crippen MR) is 142 cm³/mol. The molecule has 1 aromatic rings. The number of amides is 1. The van der Waals surface area contributed by atoms with Gasteiger partial charge in [-0.2, -0.15) is 0 Å². The Kier molecular flexibility index (Phi) is 12.0. The van der Waals surface area contributed by atoms with E-state index in [1.54, 1.807) is 19.0 Å². The molecule has 0 radical (unpaired) electrons. The molecule has 31 heavy (non-hydrogen) atoms. The molecule has 1 aliphatic heterocycles. The number of likely N-dealkylation sites (N-methyl/N-ethyl adjacent to an activating group) is 1. The lowest BCUT2D eigenvalue weighted by Crippen LogP contribution is -2.50. The summed E-state index contributed by atoms with van der Waals surface area (Å²) < 4.78 is 0. The van der Waals surface area contributed by atoms with Crippen molar-refractivity contribution in [2.24, 2.45) is 4.99 Å². The zero-order chi connectivity index (χ0) is 21.2. The third-order valence-corrected chi connectivity index (χ3v) is 7.00. The number of rotatable bonds is 8. The molecule has 0 aromatic heterocycles. The minimum atomic E-state index is 0. The van der Waals surface area contributed by atoms with Gasteiger partial charge >= 0.3 is 0 Å². The highest BCUT2D eigenvalue weighted by Crippen LogP contribution is 2.26. The summed E-state index contributed by atoms with van der Waals surface area (Å²) in [4.78, 5) is 22.1. The second-order valence-corrected chi connectivity index (χ2v) is 9.60. The summed E-state index contributed by atoms with van der Waals surface area (Å²) >= 11 is 1.83. The third kappa shape index (κ3) is 9.18. The molecule has 0 spiro atoms. The van der Waals surface area contributed by atoms with Crippen LogP contribution < -0.4 is 10.6 Å². The van der Waals surface area contributed by atoms with Gasteiger partial charge < -0.3 is 20.4 Å². The Hall–Kier alpha value is -1.000. The van der Waals surface area contributed by atoms with Crippen LogP contribution in [0.4, 0.5) is 0 Å². The molecule has 3 rings (SSSR count). The molecule has 0 bridgehead atoms. The Balaban J connectivity index is 0.00000341. The van der Waals surface area contributed by atoms with Crippen molar-refractivity contribution in [2.75, 3.05) is 46.0 Å². The lowest BCUT2D eigenvalue weighted by Gasteiger charge is -2.36. The van der Waals surface area contributed by atoms with Crippen LogP contribution in [0.2, 0.25) is 0 Å². The monoisotopic (exact) mass is 559 g/mol. The maximum atomic E-state index is 12.0. The minimum absolute atomic E-state index is 0. The molecule has 2 fully saturated rings. The molecular weight excluding hydrogens is 521 g/mol. The molecular formula is C23H38IN5OS. The fourth-order valence-corrected chi connectivity index (χ4v) is 4.96. The number of hydrogen-bond donors (Lipinski definition) is 2. The molecule has 1 aromatic carbocycles. The van der Waals surface area contributed by atoms with Crippen molar-refractivity contribution in [3.8, 4) is 0 Å². The summed E-state index contributed by atoms with van der Waals surface area (Å²) in [5.74, 6) is 1.73. The molecule has 1 heterocycles. The Morgan fingerprint density at radius 2 is 1.81 bits per heavy atom. The molecule has 174 valence electrons. The van der Waals surface area contributed by atoms with E-state index in [4.69, 9.17) is 0 Å². The van der Waals surface area contributed by atoms with E-state index in [2.05, 4.69) is 44.8 Å². The zero-order valence-corrected chi connectivity index (χ0v) is 22.0. The maximum Gasteiger partial charge on any atom is 0.243 e. The van der Waals surface area contributed by atoms with Gasteiger partial charge in [-0.3, -0.25) is 4.79 Å². The molecule has 0 unspecified atom stereocenters. The molecule has 1 saturated heterocycles. The highest BCUT2D eigenvalue weighted by atomic mass is 127. The van der Waals surface area contributed by atoms with Crippen LogP contribution in [-0.4, -0.2) is 79.8 Å². The van der Waals surface area contributed by atoms with Crippen LogP contribution in [0.3, 0.4) is 0 Å². The number of carbonyl (C=O) groups excluding carboxylic acids is 1. The van der Waals surface area contributed by atoms with Gasteiger partial charge in [-0.15, -0.1) is 35.7 Å². The first-order chi connectivity index (χ1) is 14.6. The zero-order valence-electron chi connectivity index (χ0n) is 18.9. The summed E-state index contributed by atoms with van der Waals surface area (Å²) in [5, 5.41) is 7.02. The van der Waals surface area contributed by atoms with Crippen LogP contribution >= 0.6 is 35.7 Å². The van der Waals surface area contributed by atoms with Gasteiger partial charge in [0.15, 0.2) is 5.96 Å². The van der Waals surface area contributed by atoms with E-state index in [1.807, 2.05) is 17.8 Å². The highest BCUT2D eigenvalue weighted by molar-refractivity contribution is 14.0. The summed E-state index contributed by atoms with van der Waals surface area (Å²) in [6.45, 7) is 3.31. The van der Waals surface area contributed by atoms with Crippen LogP contribution in [0.15, 0.2) is 40.2 Å². The first-order valence-electron chi connectivity index (χ1n) is 11.3. The first-order valence-corrected chi connectivity index (χ1v) is 12.3. The van der Waals surface area contributed by atoms with Crippen LogP contribution in [0, 0.1) is 0 Å². The largest absolute Gasteiger partial charge is 0.356 e. The number of nitrogens with zero attached hydrogens (tertiary/aromatic N) is 3. The van der Waals surface area contributed by atoms with Gasteiger partial charge in [0.25, 0.3) is 0 Å². The van der Waals surface area contributed by atoms with Crippen molar-refractivity contribution >= 4 is 47.6 Å². The van der Waals surface area contributed by atoms with Gasteiger partial charge in [0.05, 0.1) is 0 Å². The van der Waals surface area contributed by atoms with Crippen LogP contribution in [-0.2, 0) is 4.79 Å². The SMILES string of the molecule is CN(C)C(=O)CN=C(NCCSc1ccccc1)NC1CCN(C2CCCC2)CC1.I. The van der Waals surface area contributed by atoms with Crippen LogP contribution in [0.25, 0.3) is 0 Å². The quantitative estimate of drug-likeness (QED) is 0.168. The van der Waals surface area contributed by atoms with Crippen molar-refractivity contribution in [3.63, 3.8) is 0 Å². The van der Waals surface area contributed by atoms with Crippen molar-refractivity contribution in [2.45, 2.75) is 55.5 Å². The smallest absolute Gasteiger partial charge is 0.243 e. The predicted octanol–water partition coefficient (Wildman–Crippen LogP) is 3.43. The Bertz CT molecular complexity index is 674. The van der Waals surface area contributed by atoms with E-state index in [1.165, 1.54) is 30.6 Å². The topological polar surface area (TPSA) is 60.0 Å². The molecule has 6 nitrogen and oxygen atoms in total. The minimum Gasteiger partial charge on any atom is -0.356 e. The standard InChI is InChI=1S/C23H37N5OS.HI/c1-27(2)22(29)18-25-23(24-14-17-30-21-10-4-3-5-11-21)26-19-12-15-28(16-13-19)20-8-6-7-9-20;/h3-5,10-11,19-20H,6-9,12-18H2,1-2H3,(H2,24,25,26);1H. The average Bonchev–Trinajstić information content (AvgIpc) is 3.30. The van der Waals surface area contributed by atoms with E-state index in [0.717, 1.165) is 50.2 Å². The van der Waals surface area contributed by atoms with Gasteiger partial charge in [-0.05, 0) is 37.8 Å². The van der Waals surface area contributed by atoms with Gasteiger partial charge in [0.1, 0.15) is 6.54 Å². The fraction of sp³-hybridized carbons (Fsp3) is 0.652. The number of benzene rings is 1. The summed E-state index contributed by atoms with van der Waals surface area (Å²) in [5.41, 5.74) is 0. The van der Waals surface area contributed by atoms with Crippen molar-refractivity contribution in [1.29, 1.82) is 0 Å². The number of piperidine rings is 1. The second-order valence-electron chi connectivity index (χ2n) is 8.43. The average molecular weight is 560 g/mol. The fourth-order valence-electron chi connectivity index (χ4n) is 4.17. The number of hydrogen-bond acceptors (Lipinski definition) is 4. The number of guanidine groups is 1. The van der Waals surface area contributed by atoms with E-state index in [-0.39, 0.29) is 36.4 Å². The van der Waals surface area contributed by atoms with Gasteiger partial charge in [0, 0.05) is 56.5 Å². The van der Waals surface area contributed by atoms with Crippen LogP contribution in [0.1, 0.15) is 38.5 Å². The van der Waals surface area contributed by atoms with Crippen molar-refractivity contribution < 1.29 is 4.79 Å². The van der Waals surface area contributed by atoms with Gasteiger partial charge in [-0.25, -0.2) is 4.99 Å². The Labute approximate surface area is 209 Å². The summed E-state index contributed by atoms with van der Waals surface area (Å²) in [6.07, 6.45) is 7.81. The van der Waals surface area contributed by atoms with E-state index >= 15 is 0 Å². The van der Waals surface area contributed by atoms with Gasteiger partial charge in [-0.1, -0.05) is 31.0 Å². The molecule has 0 atom stereocenters. The van der Waals surface area contributed by atoms with Crippen LogP contribution in [0.5, 0.6) is 0 Å². The number of nitrogens with one attached hydrogen (secondary N) is 2. The number of aliphatic imine (C=N–C) groups is 1. The Morgan fingerprint density at radius 3 is 2.45 bits per heavy atom. The molecule has 8 heteroatoms. The lowest BCUT2D eigenvalue weighted by atomic mass is 10.0. The van der Waals surface area contributed by atoms with Crippen molar-refractivity contribution in [3.05, 3.63) is 30.3 Å². The molecule has 1 aliphatic carbocycles. The second kappa shape index (κ2) is 14.2. The maximum absolute atomic E-state index is 12.0. The number of thioether (sulfide) groups is 1. The summed E-state index contributed by atoms with van der Waals surface area (Å²) in [7, 11) is 3.54. The van der Waals surface area contributed by atoms with E-state index in [9.17, 15) is 4.79 Å². The molecule has 1 amide bonds. The molecule has 2 N–H and O–H groups in total. The highest BCUT2D eigenvalue weighted by Gasteiger charge is 2.27.